The number of nitrogens with one attached hydrogen (secondary N) is 1. The Hall–Kier alpha value is -1.49. The number of hydrogen-bond acceptors (Lipinski definition) is 4. The van der Waals surface area contributed by atoms with Crippen LogP contribution in [0.3, 0.4) is 0 Å². The average Bonchev–Trinajstić information content (AvgIpc) is 2.43. The molecule has 1 amide bonds. The number of rotatable bonds is 5. The molecule has 1 aromatic carbocycles. The molecule has 4 nitrogen and oxygen atoms in total. The Balaban J connectivity index is 2.78. The highest BCUT2D eigenvalue weighted by atomic mass is 32.2. The smallest absolute Gasteiger partial charge is 0.329 e. The third-order valence-electron chi connectivity index (χ3n) is 2.62. The van der Waals surface area contributed by atoms with Crippen LogP contribution in [0.25, 0.3) is 0 Å². The number of esters is 1. The molecule has 2 atom stereocenters. The minimum Gasteiger partial charge on any atom is -0.467 e. The van der Waals surface area contributed by atoms with Crippen LogP contribution in [-0.4, -0.2) is 36.5 Å². The molecule has 0 radical (unpaired) electrons. The van der Waals surface area contributed by atoms with Crippen molar-refractivity contribution in [1.82, 2.24) is 5.32 Å². The van der Waals surface area contributed by atoms with E-state index in [4.69, 9.17) is 4.74 Å². The third-order valence-corrected chi connectivity index (χ3v) is 3.63. The second kappa shape index (κ2) is 7.06. The second-order valence-corrected chi connectivity index (χ2v) is 5.00. The van der Waals surface area contributed by atoms with Crippen molar-refractivity contribution in [2.24, 2.45) is 0 Å². The van der Waals surface area contributed by atoms with Gasteiger partial charge in [-0.2, -0.15) is 11.8 Å². The zero-order chi connectivity index (χ0) is 13.5. The van der Waals surface area contributed by atoms with Crippen LogP contribution < -0.4 is 5.32 Å². The number of amides is 1. The zero-order valence-corrected chi connectivity index (χ0v) is 11.5. The van der Waals surface area contributed by atoms with Gasteiger partial charge in [-0.05, 0) is 18.4 Å². The Kier molecular flexibility index (Phi) is 5.71. The summed E-state index contributed by atoms with van der Waals surface area (Å²) in [6, 6.07) is 8.15. The molecule has 0 aliphatic carbocycles. The van der Waals surface area contributed by atoms with Gasteiger partial charge in [0.25, 0.3) is 5.91 Å². The first-order chi connectivity index (χ1) is 8.60. The average molecular weight is 267 g/mol. The fraction of sp³-hybridized carbons (Fsp3) is 0.385. The van der Waals surface area contributed by atoms with Crippen molar-refractivity contribution < 1.29 is 14.3 Å². The molecule has 18 heavy (non-hydrogen) atoms. The Morgan fingerprint density at radius 1 is 1.28 bits per heavy atom. The Morgan fingerprint density at radius 3 is 2.39 bits per heavy atom. The maximum atomic E-state index is 12.0. The molecule has 0 saturated carbocycles. The lowest BCUT2D eigenvalue weighted by molar-refractivity contribution is -0.142. The summed E-state index contributed by atoms with van der Waals surface area (Å²) in [5.74, 6) is -0.701. The first-order valence-electron chi connectivity index (χ1n) is 5.56. The van der Waals surface area contributed by atoms with E-state index in [0.717, 1.165) is 0 Å². The summed E-state index contributed by atoms with van der Waals surface area (Å²) in [4.78, 5) is 23.6. The van der Waals surface area contributed by atoms with Gasteiger partial charge in [0, 0.05) is 10.8 Å². The van der Waals surface area contributed by atoms with Crippen LogP contribution in [0.2, 0.25) is 0 Å². The molecule has 2 unspecified atom stereocenters. The highest BCUT2D eigenvalue weighted by Crippen LogP contribution is 2.12. The van der Waals surface area contributed by atoms with Gasteiger partial charge >= 0.3 is 5.97 Å². The highest BCUT2D eigenvalue weighted by Gasteiger charge is 2.27. The van der Waals surface area contributed by atoms with Gasteiger partial charge in [-0.25, -0.2) is 4.79 Å². The van der Waals surface area contributed by atoms with E-state index in [2.05, 4.69) is 5.32 Å². The third kappa shape index (κ3) is 3.77. The van der Waals surface area contributed by atoms with Gasteiger partial charge in [-0.1, -0.05) is 25.1 Å². The second-order valence-electron chi connectivity index (χ2n) is 3.78. The van der Waals surface area contributed by atoms with E-state index in [1.165, 1.54) is 18.9 Å². The van der Waals surface area contributed by atoms with Gasteiger partial charge in [0.15, 0.2) is 0 Å². The summed E-state index contributed by atoms with van der Waals surface area (Å²) in [6.07, 6.45) is 1.88. The Bertz CT molecular complexity index is 408. The lowest BCUT2D eigenvalue weighted by Crippen LogP contribution is -2.47. The van der Waals surface area contributed by atoms with E-state index in [1.54, 1.807) is 24.3 Å². The van der Waals surface area contributed by atoms with Crippen LogP contribution in [0.4, 0.5) is 0 Å². The first-order valence-corrected chi connectivity index (χ1v) is 6.85. The van der Waals surface area contributed by atoms with E-state index >= 15 is 0 Å². The lowest BCUT2D eigenvalue weighted by atomic mass is 10.1. The van der Waals surface area contributed by atoms with Crippen LogP contribution in [0.1, 0.15) is 17.3 Å². The van der Waals surface area contributed by atoms with Crippen LogP contribution >= 0.6 is 11.8 Å². The van der Waals surface area contributed by atoms with Crippen molar-refractivity contribution >= 4 is 23.6 Å². The quantitative estimate of drug-likeness (QED) is 0.825. The van der Waals surface area contributed by atoms with Crippen LogP contribution in [-0.2, 0) is 9.53 Å². The predicted octanol–water partition coefficient (Wildman–Crippen LogP) is 1.71. The maximum absolute atomic E-state index is 12.0. The van der Waals surface area contributed by atoms with E-state index in [-0.39, 0.29) is 11.2 Å². The van der Waals surface area contributed by atoms with Crippen molar-refractivity contribution in [2.75, 3.05) is 13.4 Å². The Morgan fingerprint density at radius 2 is 1.89 bits per heavy atom. The molecule has 98 valence electrons. The number of carbonyl (C=O) groups excluding carboxylic acids is 2. The molecule has 0 aliphatic heterocycles. The van der Waals surface area contributed by atoms with Gasteiger partial charge in [0.05, 0.1) is 7.11 Å². The molecule has 0 heterocycles. The van der Waals surface area contributed by atoms with Gasteiger partial charge in [0.2, 0.25) is 0 Å². The number of thioether (sulfide) groups is 1. The molecule has 5 heteroatoms. The van der Waals surface area contributed by atoms with Crippen LogP contribution in [0.15, 0.2) is 30.3 Å². The standard InChI is InChI=1S/C13H17NO3S/c1-9(18-3)11(13(16)17-2)14-12(15)10-7-5-4-6-8-10/h4-9,11H,1-3H3,(H,14,15). The number of ether oxygens (including phenoxy) is 1. The zero-order valence-electron chi connectivity index (χ0n) is 10.7. The van der Waals surface area contributed by atoms with Crippen molar-refractivity contribution in [3.05, 3.63) is 35.9 Å². The normalized spacial score (nSPS) is 13.5. The maximum Gasteiger partial charge on any atom is 0.329 e. The monoisotopic (exact) mass is 267 g/mol. The fourth-order valence-corrected chi connectivity index (χ4v) is 1.90. The minimum atomic E-state index is -0.641. The first kappa shape index (κ1) is 14.6. The lowest BCUT2D eigenvalue weighted by Gasteiger charge is -2.21. The molecule has 0 bridgehead atoms. The van der Waals surface area contributed by atoms with Crippen molar-refractivity contribution in [3.63, 3.8) is 0 Å². The Labute approximate surface area is 111 Å². The van der Waals surface area contributed by atoms with E-state index < -0.39 is 12.0 Å². The fourth-order valence-electron chi connectivity index (χ4n) is 1.45. The molecule has 0 aliphatic rings. The van der Waals surface area contributed by atoms with E-state index in [0.29, 0.717) is 5.56 Å². The topological polar surface area (TPSA) is 55.4 Å². The predicted molar refractivity (Wildman–Crippen MR) is 72.7 cm³/mol. The highest BCUT2D eigenvalue weighted by molar-refractivity contribution is 7.99. The molecule has 0 saturated heterocycles. The van der Waals surface area contributed by atoms with Crippen LogP contribution in [0, 0.1) is 0 Å². The largest absolute Gasteiger partial charge is 0.467 e. The molecule has 1 N–H and O–H groups in total. The van der Waals surface area contributed by atoms with E-state index in [9.17, 15) is 9.59 Å². The van der Waals surface area contributed by atoms with Gasteiger partial charge in [0.1, 0.15) is 6.04 Å². The summed E-state index contributed by atoms with van der Waals surface area (Å²) >= 11 is 1.50. The number of methoxy groups -OCH3 is 1. The van der Waals surface area contributed by atoms with Gasteiger partial charge < -0.3 is 10.1 Å². The molecule has 0 fully saturated rings. The molecular formula is C13H17NO3S. The number of benzene rings is 1. The summed E-state index contributed by atoms with van der Waals surface area (Å²) < 4.78 is 4.71. The summed E-state index contributed by atoms with van der Waals surface area (Å²) in [5, 5.41) is 2.65. The molecule has 1 aromatic rings. The van der Waals surface area contributed by atoms with Crippen LogP contribution in [0.5, 0.6) is 0 Å². The summed E-state index contributed by atoms with van der Waals surface area (Å²) in [5.41, 5.74) is 0.528. The van der Waals surface area contributed by atoms with Gasteiger partial charge in [-0.3, -0.25) is 4.79 Å². The SMILES string of the molecule is COC(=O)C(NC(=O)c1ccccc1)C(C)SC. The molecule has 1 rings (SSSR count). The van der Waals surface area contributed by atoms with E-state index in [1.807, 2.05) is 19.2 Å². The summed E-state index contributed by atoms with van der Waals surface area (Å²) in [6.45, 7) is 1.87. The van der Waals surface area contributed by atoms with Crippen molar-refractivity contribution in [2.45, 2.75) is 18.2 Å². The van der Waals surface area contributed by atoms with Gasteiger partial charge in [-0.15, -0.1) is 0 Å². The molecular weight excluding hydrogens is 250 g/mol. The van der Waals surface area contributed by atoms with Crippen molar-refractivity contribution in [3.8, 4) is 0 Å². The number of carbonyl (C=O) groups is 2. The molecule has 0 aromatic heterocycles. The summed E-state index contributed by atoms with van der Waals surface area (Å²) in [7, 11) is 1.32. The number of hydrogen-bond donors (Lipinski definition) is 1. The van der Waals surface area contributed by atoms with Crippen molar-refractivity contribution in [1.29, 1.82) is 0 Å². The molecule has 0 spiro atoms. The minimum absolute atomic E-state index is 0.0508.